The number of hydrogen-bond donors (Lipinski definition) is 1. The fourth-order valence-corrected chi connectivity index (χ4v) is 3.38. The fraction of sp³-hybridized carbons (Fsp3) is 0.600. The summed E-state index contributed by atoms with van der Waals surface area (Å²) in [5, 5.41) is 3.68. The van der Waals surface area contributed by atoms with Gasteiger partial charge in [-0.15, -0.1) is 0 Å². The molecule has 0 saturated carbocycles. The molecule has 2 heteroatoms. The van der Waals surface area contributed by atoms with Gasteiger partial charge in [-0.05, 0) is 35.3 Å². The van der Waals surface area contributed by atoms with E-state index in [1.54, 1.807) is 0 Å². The molecule has 1 aromatic carbocycles. The molecule has 0 radical (unpaired) electrons. The fourth-order valence-electron chi connectivity index (χ4n) is 2.18. The van der Waals surface area contributed by atoms with Crippen molar-refractivity contribution in [2.24, 2.45) is 5.92 Å². The molecule has 94 valence electrons. The topological polar surface area (TPSA) is 12.0 Å². The second-order valence-corrected chi connectivity index (χ2v) is 6.50. The Bertz CT molecular complexity index is 344. The molecular weight excluding hydrogens is 226 g/mol. The van der Waals surface area contributed by atoms with Crippen molar-refractivity contribution in [3.8, 4) is 0 Å². The highest BCUT2D eigenvalue weighted by Crippen LogP contribution is 2.25. The summed E-state index contributed by atoms with van der Waals surface area (Å²) in [5.74, 6) is 3.90. The Morgan fingerprint density at radius 1 is 1.18 bits per heavy atom. The summed E-state index contributed by atoms with van der Waals surface area (Å²) in [6.45, 7) is 7.96. The SMILES string of the molecule is CC1CNC(c2ccc(C(C)C)cc2)CSC1. The van der Waals surface area contributed by atoms with Crippen molar-refractivity contribution in [3.05, 3.63) is 35.4 Å². The predicted molar refractivity (Wildman–Crippen MR) is 77.8 cm³/mol. The second kappa shape index (κ2) is 5.92. The average Bonchev–Trinajstić information content (AvgIpc) is 2.54. The van der Waals surface area contributed by atoms with Crippen LogP contribution in [0, 0.1) is 5.92 Å². The largest absolute Gasteiger partial charge is 0.309 e. The van der Waals surface area contributed by atoms with Gasteiger partial charge in [-0.1, -0.05) is 45.0 Å². The van der Waals surface area contributed by atoms with Crippen molar-refractivity contribution in [1.29, 1.82) is 0 Å². The Labute approximate surface area is 109 Å². The molecule has 1 saturated heterocycles. The van der Waals surface area contributed by atoms with E-state index in [0.717, 1.165) is 12.5 Å². The Kier molecular flexibility index (Phi) is 4.52. The summed E-state index contributed by atoms with van der Waals surface area (Å²) in [7, 11) is 0. The minimum atomic E-state index is 0.533. The van der Waals surface area contributed by atoms with Gasteiger partial charge in [0.25, 0.3) is 0 Å². The second-order valence-electron chi connectivity index (χ2n) is 5.42. The highest BCUT2D eigenvalue weighted by Gasteiger charge is 2.17. The van der Waals surface area contributed by atoms with Crippen LogP contribution < -0.4 is 5.32 Å². The maximum atomic E-state index is 3.68. The molecule has 0 aliphatic carbocycles. The Hall–Kier alpha value is -0.470. The van der Waals surface area contributed by atoms with Gasteiger partial charge >= 0.3 is 0 Å². The monoisotopic (exact) mass is 249 g/mol. The lowest BCUT2D eigenvalue weighted by atomic mass is 9.99. The van der Waals surface area contributed by atoms with Gasteiger partial charge in [0.1, 0.15) is 0 Å². The van der Waals surface area contributed by atoms with E-state index >= 15 is 0 Å². The average molecular weight is 249 g/mol. The Balaban J connectivity index is 2.06. The van der Waals surface area contributed by atoms with E-state index in [1.807, 2.05) is 0 Å². The van der Waals surface area contributed by atoms with Crippen LogP contribution in [0.5, 0.6) is 0 Å². The van der Waals surface area contributed by atoms with E-state index in [0.29, 0.717) is 12.0 Å². The summed E-state index contributed by atoms with van der Waals surface area (Å²) >= 11 is 2.07. The molecule has 1 heterocycles. The van der Waals surface area contributed by atoms with Gasteiger partial charge in [-0.25, -0.2) is 0 Å². The standard InChI is InChI=1S/C15H23NS/c1-11(2)13-4-6-14(7-5-13)15-10-17-9-12(3)8-16-15/h4-7,11-12,15-16H,8-10H2,1-3H3. The lowest BCUT2D eigenvalue weighted by molar-refractivity contribution is 0.517. The van der Waals surface area contributed by atoms with Crippen LogP contribution in [-0.4, -0.2) is 18.1 Å². The minimum Gasteiger partial charge on any atom is -0.309 e. The molecule has 1 aliphatic rings. The zero-order valence-corrected chi connectivity index (χ0v) is 11.9. The number of thioether (sulfide) groups is 1. The van der Waals surface area contributed by atoms with E-state index in [1.165, 1.54) is 22.6 Å². The number of rotatable bonds is 2. The van der Waals surface area contributed by atoms with Crippen LogP contribution in [0.2, 0.25) is 0 Å². The molecule has 2 unspecified atom stereocenters. The van der Waals surface area contributed by atoms with Crippen LogP contribution in [0.3, 0.4) is 0 Å². The van der Waals surface area contributed by atoms with Crippen LogP contribution in [0.25, 0.3) is 0 Å². The Morgan fingerprint density at radius 3 is 2.53 bits per heavy atom. The predicted octanol–water partition coefficient (Wildman–Crippen LogP) is 3.82. The summed E-state index contributed by atoms with van der Waals surface area (Å²) in [5.41, 5.74) is 2.87. The summed E-state index contributed by atoms with van der Waals surface area (Å²) < 4.78 is 0. The van der Waals surface area contributed by atoms with Crippen LogP contribution in [0.15, 0.2) is 24.3 Å². The Morgan fingerprint density at radius 2 is 1.88 bits per heavy atom. The van der Waals surface area contributed by atoms with Gasteiger partial charge in [-0.2, -0.15) is 11.8 Å². The molecular formula is C15H23NS. The van der Waals surface area contributed by atoms with Crippen LogP contribution in [0.1, 0.15) is 43.9 Å². The van der Waals surface area contributed by atoms with Gasteiger partial charge in [0.05, 0.1) is 0 Å². The van der Waals surface area contributed by atoms with Gasteiger partial charge in [0, 0.05) is 11.8 Å². The molecule has 0 aromatic heterocycles. The van der Waals surface area contributed by atoms with Gasteiger partial charge in [0.15, 0.2) is 0 Å². The van der Waals surface area contributed by atoms with Crippen molar-refractivity contribution in [2.75, 3.05) is 18.1 Å². The highest BCUT2D eigenvalue weighted by molar-refractivity contribution is 7.99. The number of benzene rings is 1. The molecule has 1 nitrogen and oxygen atoms in total. The van der Waals surface area contributed by atoms with E-state index in [2.05, 4.69) is 62.1 Å². The molecule has 1 aliphatic heterocycles. The van der Waals surface area contributed by atoms with Crippen LogP contribution in [-0.2, 0) is 0 Å². The molecule has 0 amide bonds. The van der Waals surface area contributed by atoms with Gasteiger partial charge in [-0.3, -0.25) is 0 Å². The van der Waals surface area contributed by atoms with E-state index in [4.69, 9.17) is 0 Å². The first-order valence-corrected chi connectivity index (χ1v) is 7.73. The maximum Gasteiger partial charge on any atom is 0.0411 e. The van der Waals surface area contributed by atoms with Crippen molar-refractivity contribution in [3.63, 3.8) is 0 Å². The van der Waals surface area contributed by atoms with Crippen molar-refractivity contribution in [1.82, 2.24) is 5.32 Å². The first-order valence-electron chi connectivity index (χ1n) is 6.58. The number of nitrogens with one attached hydrogen (secondary N) is 1. The third kappa shape index (κ3) is 3.49. The van der Waals surface area contributed by atoms with Crippen molar-refractivity contribution < 1.29 is 0 Å². The lowest BCUT2D eigenvalue weighted by Gasteiger charge is -2.17. The smallest absolute Gasteiger partial charge is 0.0411 e. The van der Waals surface area contributed by atoms with Crippen molar-refractivity contribution >= 4 is 11.8 Å². The number of hydrogen-bond acceptors (Lipinski definition) is 2. The van der Waals surface area contributed by atoms with E-state index < -0.39 is 0 Å². The molecule has 2 atom stereocenters. The normalized spacial score (nSPS) is 25.9. The van der Waals surface area contributed by atoms with E-state index in [9.17, 15) is 0 Å². The summed E-state index contributed by atoms with van der Waals surface area (Å²) in [4.78, 5) is 0. The molecule has 1 N–H and O–H groups in total. The third-order valence-corrected chi connectivity index (χ3v) is 4.78. The third-order valence-electron chi connectivity index (χ3n) is 3.41. The minimum absolute atomic E-state index is 0.533. The zero-order chi connectivity index (χ0) is 12.3. The molecule has 0 spiro atoms. The maximum absolute atomic E-state index is 3.68. The van der Waals surface area contributed by atoms with E-state index in [-0.39, 0.29) is 0 Å². The van der Waals surface area contributed by atoms with Gasteiger partial charge < -0.3 is 5.32 Å². The highest BCUT2D eigenvalue weighted by atomic mass is 32.2. The van der Waals surface area contributed by atoms with Gasteiger partial charge in [0.2, 0.25) is 0 Å². The molecule has 17 heavy (non-hydrogen) atoms. The molecule has 1 aromatic rings. The van der Waals surface area contributed by atoms with Crippen molar-refractivity contribution in [2.45, 2.75) is 32.7 Å². The lowest BCUT2D eigenvalue weighted by Crippen LogP contribution is -2.25. The van der Waals surface area contributed by atoms with Crippen LogP contribution in [0.4, 0.5) is 0 Å². The van der Waals surface area contributed by atoms with Crippen LogP contribution >= 0.6 is 11.8 Å². The molecule has 1 fully saturated rings. The zero-order valence-electron chi connectivity index (χ0n) is 11.1. The first-order chi connectivity index (χ1) is 8.16. The molecule has 2 rings (SSSR count). The summed E-state index contributed by atoms with van der Waals surface area (Å²) in [6.07, 6.45) is 0. The summed E-state index contributed by atoms with van der Waals surface area (Å²) in [6, 6.07) is 9.68. The first kappa shape index (κ1) is 13.0. The molecule has 0 bridgehead atoms. The quantitative estimate of drug-likeness (QED) is 0.855.